The minimum Gasteiger partial charge on any atom is -0.495 e. The quantitative estimate of drug-likeness (QED) is 0.677. The van der Waals surface area contributed by atoms with Crippen molar-refractivity contribution >= 4 is 35.0 Å². The van der Waals surface area contributed by atoms with E-state index in [9.17, 15) is 14.4 Å². The van der Waals surface area contributed by atoms with Crippen LogP contribution in [-0.4, -0.2) is 48.5 Å². The summed E-state index contributed by atoms with van der Waals surface area (Å²) in [6, 6.07) is 10.0. The molecule has 0 saturated heterocycles. The molecule has 1 heterocycles. The highest BCUT2D eigenvalue weighted by Crippen LogP contribution is 2.31. The number of benzene rings is 2. The van der Waals surface area contributed by atoms with Crippen molar-refractivity contribution in [2.75, 3.05) is 25.6 Å². The Bertz CT molecular complexity index is 984. The first-order chi connectivity index (χ1) is 14.2. The number of imide groups is 1. The molecule has 0 fully saturated rings. The number of anilines is 1. The van der Waals surface area contributed by atoms with Gasteiger partial charge in [0.15, 0.2) is 0 Å². The van der Waals surface area contributed by atoms with Crippen molar-refractivity contribution in [2.45, 2.75) is 26.3 Å². The van der Waals surface area contributed by atoms with Crippen molar-refractivity contribution in [2.24, 2.45) is 0 Å². The van der Waals surface area contributed by atoms with Crippen molar-refractivity contribution in [1.29, 1.82) is 0 Å². The lowest BCUT2D eigenvalue weighted by atomic mass is 10.0. The minimum absolute atomic E-state index is 0.00265. The fraction of sp³-hybridized carbons (Fsp3) is 0.318. The van der Waals surface area contributed by atoms with Crippen molar-refractivity contribution in [3.63, 3.8) is 0 Å². The van der Waals surface area contributed by atoms with E-state index in [0.717, 1.165) is 5.56 Å². The molecule has 7 nitrogen and oxygen atoms in total. The predicted molar refractivity (Wildman–Crippen MR) is 113 cm³/mol. The van der Waals surface area contributed by atoms with E-state index in [2.05, 4.69) is 5.32 Å². The van der Waals surface area contributed by atoms with Gasteiger partial charge in [-0.05, 0) is 44.5 Å². The molecule has 3 amide bonds. The van der Waals surface area contributed by atoms with Crippen LogP contribution in [0, 0.1) is 6.92 Å². The molecule has 1 aliphatic heterocycles. The number of methoxy groups -OCH3 is 1. The molecule has 0 spiro atoms. The summed E-state index contributed by atoms with van der Waals surface area (Å²) in [4.78, 5) is 38.8. The van der Waals surface area contributed by atoms with Crippen LogP contribution in [0.5, 0.6) is 5.75 Å². The average molecular weight is 431 g/mol. The first kappa shape index (κ1) is 21.8. The number of carbonyl (C=O) groups is 3. The van der Waals surface area contributed by atoms with Crippen LogP contribution in [0.2, 0.25) is 5.02 Å². The molecule has 0 aliphatic carbocycles. The predicted octanol–water partition coefficient (Wildman–Crippen LogP) is 3.69. The maximum absolute atomic E-state index is 12.7. The first-order valence-corrected chi connectivity index (χ1v) is 9.73. The van der Waals surface area contributed by atoms with Crippen LogP contribution in [0.3, 0.4) is 0 Å². The molecule has 1 N–H and O–H groups in total. The minimum atomic E-state index is -0.929. The second kappa shape index (κ2) is 8.45. The number of rotatable bonds is 7. The van der Waals surface area contributed by atoms with Crippen molar-refractivity contribution in [3.05, 3.63) is 58.1 Å². The van der Waals surface area contributed by atoms with Crippen molar-refractivity contribution < 1.29 is 23.9 Å². The van der Waals surface area contributed by atoms with Gasteiger partial charge in [0.1, 0.15) is 12.4 Å². The highest BCUT2D eigenvalue weighted by Gasteiger charge is 2.44. The second-order valence-corrected chi connectivity index (χ2v) is 8.05. The zero-order chi connectivity index (χ0) is 22.1. The van der Waals surface area contributed by atoms with Crippen LogP contribution in [0.25, 0.3) is 0 Å². The third-order valence-electron chi connectivity index (χ3n) is 4.84. The molecular weight excluding hydrogens is 408 g/mol. The topological polar surface area (TPSA) is 84.9 Å². The number of hydrogen-bond donors (Lipinski definition) is 1. The van der Waals surface area contributed by atoms with E-state index in [4.69, 9.17) is 21.1 Å². The molecule has 1 aliphatic rings. The van der Waals surface area contributed by atoms with Crippen LogP contribution < -0.4 is 10.1 Å². The Labute approximate surface area is 179 Å². The van der Waals surface area contributed by atoms with Gasteiger partial charge in [-0.1, -0.05) is 23.7 Å². The molecule has 2 aromatic rings. The highest BCUT2D eigenvalue weighted by atomic mass is 35.5. The summed E-state index contributed by atoms with van der Waals surface area (Å²) in [6.07, 6.45) is 0. The molecular formula is C22H23ClN2O5. The number of carbonyl (C=O) groups excluding carboxylic acids is 3. The van der Waals surface area contributed by atoms with Crippen LogP contribution in [0.4, 0.5) is 5.69 Å². The van der Waals surface area contributed by atoms with Gasteiger partial charge in [-0.15, -0.1) is 0 Å². The van der Waals surface area contributed by atoms with Gasteiger partial charge in [0, 0.05) is 11.1 Å². The number of amides is 3. The smallest absolute Gasteiger partial charge is 0.262 e. The van der Waals surface area contributed by atoms with Crippen LogP contribution in [0.15, 0.2) is 36.4 Å². The van der Waals surface area contributed by atoms with Crippen molar-refractivity contribution in [3.8, 4) is 5.75 Å². The van der Waals surface area contributed by atoms with Crippen LogP contribution >= 0.6 is 11.6 Å². The van der Waals surface area contributed by atoms with Gasteiger partial charge in [-0.25, -0.2) is 0 Å². The number of nitrogens with one attached hydrogen (secondary N) is 1. The fourth-order valence-electron chi connectivity index (χ4n) is 3.31. The summed E-state index contributed by atoms with van der Waals surface area (Å²) in [7, 11) is 1.48. The molecule has 8 heteroatoms. The van der Waals surface area contributed by atoms with Crippen LogP contribution in [-0.2, 0) is 9.53 Å². The molecule has 0 aromatic heterocycles. The number of ether oxygens (including phenoxy) is 2. The second-order valence-electron chi connectivity index (χ2n) is 7.65. The largest absolute Gasteiger partial charge is 0.495 e. The van der Waals surface area contributed by atoms with Gasteiger partial charge in [0.25, 0.3) is 11.8 Å². The Morgan fingerprint density at radius 3 is 2.30 bits per heavy atom. The Hall–Kier alpha value is -2.90. The van der Waals surface area contributed by atoms with Crippen LogP contribution in [0.1, 0.15) is 40.1 Å². The van der Waals surface area contributed by atoms with Gasteiger partial charge >= 0.3 is 0 Å². The summed E-state index contributed by atoms with van der Waals surface area (Å²) in [6.45, 7) is 5.01. The third kappa shape index (κ3) is 4.17. The number of hydrogen-bond acceptors (Lipinski definition) is 5. The zero-order valence-corrected chi connectivity index (χ0v) is 18.0. The summed E-state index contributed by atoms with van der Waals surface area (Å²) in [5.41, 5.74) is 1.09. The lowest BCUT2D eigenvalue weighted by Crippen LogP contribution is -2.50. The van der Waals surface area contributed by atoms with Crippen molar-refractivity contribution in [1.82, 2.24) is 4.90 Å². The SMILES string of the molecule is COc1cc(Cl)c(C)cc1NC(=O)COCC(C)(C)N1C(=O)c2ccccc2C1=O. The third-order valence-corrected chi connectivity index (χ3v) is 5.25. The lowest BCUT2D eigenvalue weighted by molar-refractivity contribution is -0.121. The summed E-state index contributed by atoms with van der Waals surface area (Å²) in [5, 5.41) is 3.25. The van der Waals surface area contributed by atoms with E-state index in [1.165, 1.54) is 12.0 Å². The summed E-state index contributed by atoms with van der Waals surface area (Å²) < 4.78 is 10.8. The molecule has 30 heavy (non-hydrogen) atoms. The fourth-order valence-corrected chi connectivity index (χ4v) is 3.47. The molecule has 0 radical (unpaired) electrons. The Balaban J connectivity index is 1.61. The maximum Gasteiger partial charge on any atom is 0.262 e. The van der Waals surface area contributed by atoms with Gasteiger partial charge < -0.3 is 14.8 Å². The zero-order valence-electron chi connectivity index (χ0n) is 17.2. The summed E-state index contributed by atoms with van der Waals surface area (Å²) >= 11 is 6.08. The van der Waals surface area contributed by atoms with Gasteiger partial charge in [0.05, 0.1) is 36.1 Å². The van der Waals surface area contributed by atoms with E-state index in [1.807, 2.05) is 6.92 Å². The molecule has 0 saturated carbocycles. The number of aryl methyl sites for hydroxylation is 1. The molecule has 2 aromatic carbocycles. The number of halogens is 1. The van der Waals surface area contributed by atoms with E-state index in [1.54, 1.807) is 50.2 Å². The van der Waals surface area contributed by atoms with Gasteiger partial charge in [-0.2, -0.15) is 0 Å². The standard InChI is InChI=1S/C22H23ClN2O5/c1-13-9-17(18(29-4)10-16(13)23)24-19(26)11-30-12-22(2,3)25-20(27)14-7-5-6-8-15(14)21(25)28/h5-10H,11-12H2,1-4H3,(H,24,26). The normalized spacial score (nSPS) is 13.4. The Kier molecular flexibility index (Phi) is 6.14. The van der Waals surface area contributed by atoms with E-state index < -0.39 is 11.4 Å². The Morgan fingerprint density at radius 1 is 1.13 bits per heavy atom. The summed E-state index contributed by atoms with van der Waals surface area (Å²) in [5.74, 6) is -0.691. The molecule has 0 atom stereocenters. The van der Waals surface area contributed by atoms with Gasteiger partial charge in [-0.3, -0.25) is 19.3 Å². The number of fused-ring (bicyclic) bond motifs is 1. The first-order valence-electron chi connectivity index (χ1n) is 9.35. The van der Waals surface area contributed by atoms with E-state index >= 15 is 0 Å². The molecule has 0 bridgehead atoms. The molecule has 0 unspecified atom stereocenters. The monoisotopic (exact) mass is 430 g/mol. The van der Waals surface area contributed by atoms with Gasteiger partial charge in [0.2, 0.25) is 5.91 Å². The Morgan fingerprint density at radius 2 is 1.73 bits per heavy atom. The van der Waals surface area contributed by atoms with E-state index in [0.29, 0.717) is 27.6 Å². The molecule has 3 rings (SSSR count). The maximum atomic E-state index is 12.7. The molecule has 158 valence electrons. The van der Waals surface area contributed by atoms with E-state index in [-0.39, 0.29) is 25.0 Å². The lowest BCUT2D eigenvalue weighted by Gasteiger charge is -2.33. The number of nitrogens with zero attached hydrogens (tertiary/aromatic N) is 1. The highest BCUT2D eigenvalue weighted by molar-refractivity contribution is 6.31. The average Bonchev–Trinajstić information content (AvgIpc) is 2.95.